The Morgan fingerprint density at radius 2 is 1.28 bits per heavy atom. The van der Waals surface area contributed by atoms with Crippen LogP contribution in [0.5, 0.6) is 11.5 Å². The molecule has 2 aromatic rings. The minimum Gasteiger partial charge on any atom is -0.490 e. The Balaban J connectivity index is 1.04. The van der Waals surface area contributed by atoms with E-state index in [0.29, 0.717) is 56.6 Å². The van der Waals surface area contributed by atoms with Gasteiger partial charge in [-0.2, -0.15) is 0 Å². The molecule has 4 bridgehead atoms. The number of benzene rings is 2. The van der Waals surface area contributed by atoms with Crippen molar-refractivity contribution in [3.63, 3.8) is 0 Å². The van der Waals surface area contributed by atoms with Crippen molar-refractivity contribution in [2.75, 3.05) is 39.4 Å². The lowest BCUT2D eigenvalue weighted by Gasteiger charge is -2.57. The molecule has 1 saturated heterocycles. The number of amides is 2. The molecular weight excluding hydrogens is 452 g/mol. The fourth-order valence-corrected chi connectivity index (χ4v) is 7.59. The first-order chi connectivity index (χ1) is 17.6. The number of carbonyl (C=O) groups excluding carboxylic acids is 2. The second-order valence-electron chi connectivity index (χ2n) is 11.3. The van der Waals surface area contributed by atoms with Gasteiger partial charge in [-0.15, -0.1) is 0 Å². The van der Waals surface area contributed by atoms with E-state index in [0.717, 1.165) is 42.8 Å². The Morgan fingerprint density at radius 1 is 0.722 bits per heavy atom. The largest absolute Gasteiger partial charge is 0.490 e. The van der Waals surface area contributed by atoms with Crippen LogP contribution in [0, 0.1) is 23.2 Å². The highest BCUT2D eigenvalue weighted by molar-refractivity contribution is 5.97. The maximum atomic E-state index is 13.7. The van der Waals surface area contributed by atoms with Crippen LogP contribution < -0.4 is 9.47 Å². The van der Waals surface area contributed by atoms with Crippen molar-refractivity contribution in [2.45, 2.75) is 38.5 Å². The van der Waals surface area contributed by atoms with Crippen LogP contribution in [0.15, 0.2) is 54.6 Å². The third-order valence-electron chi connectivity index (χ3n) is 8.82. The van der Waals surface area contributed by atoms with Crippen molar-refractivity contribution in [1.82, 2.24) is 9.80 Å². The van der Waals surface area contributed by atoms with E-state index in [4.69, 9.17) is 9.47 Å². The third kappa shape index (κ3) is 4.58. The van der Waals surface area contributed by atoms with Gasteiger partial charge < -0.3 is 19.3 Å². The first-order valence-electron chi connectivity index (χ1n) is 13.6. The Morgan fingerprint density at radius 3 is 1.94 bits per heavy atom. The quantitative estimate of drug-likeness (QED) is 0.533. The SMILES string of the molecule is O=C(c1ccccc1OCCOc1ccccc1)N1CCN(C(=O)C23CC4CC(CC(C4)C2)C3)CC1. The molecule has 0 atom stereocenters. The van der Waals surface area contributed by atoms with Crippen LogP contribution in [0.4, 0.5) is 0 Å². The number of nitrogens with zero attached hydrogens (tertiary/aromatic N) is 2. The van der Waals surface area contributed by atoms with E-state index >= 15 is 0 Å². The summed E-state index contributed by atoms with van der Waals surface area (Å²) in [6.45, 7) is 3.15. The monoisotopic (exact) mass is 488 g/mol. The van der Waals surface area contributed by atoms with E-state index in [9.17, 15) is 9.59 Å². The standard InChI is InChI=1S/C30H36N2O4/c33-28(26-8-4-5-9-27(26)36-15-14-35-25-6-2-1-3-7-25)31-10-12-32(13-11-31)29(34)30-19-22-16-23(20-30)18-24(17-22)21-30/h1-9,22-24H,10-21H2. The highest BCUT2D eigenvalue weighted by Crippen LogP contribution is 2.60. The van der Waals surface area contributed by atoms with Crippen LogP contribution in [0.1, 0.15) is 48.9 Å². The van der Waals surface area contributed by atoms with E-state index in [1.807, 2.05) is 59.5 Å². The van der Waals surface area contributed by atoms with Gasteiger partial charge in [-0.25, -0.2) is 0 Å². The Hall–Kier alpha value is -3.02. The molecule has 7 rings (SSSR count). The smallest absolute Gasteiger partial charge is 0.257 e. The third-order valence-corrected chi connectivity index (χ3v) is 8.82. The van der Waals surface area contributed by atoms with Crippen LogP contribution >= 0.6 is 0 Å². The number of para-hydroxylation sites is 2. The molecule has 0 N–H and O–H groups in total. The highest BCUT2D eigenvalue weighted by atomic mass is 16.5. The normalized spacial score (nSPS) is 28.7. The Labute approximate surface area is 213 Å². The second kappa shape index (κ2) is 9.79. The van der Waals surface area contributed by atoms with Crippen LogP contribution in [0.25, 0.3) is 0 Å². The molecule has 0 radical (unpaired) electrons. The number of hydrogen-bond donors (Lipinski definition) is 0. The molecule has 1 heterocycles. The van der Waals surface area contributed by atoms with Gasteiger partial charge in [-0.1, -0.05) is 30.3 Å². The molecule has 5 fully saturated rings. The zero-order valence-electron chi connectivity index (χ0n) is 20.9. The molecule has 1 aliphatic heterocycles. The van der Waals surface area contributed by atoms with E-state index in [-0.39, 0.29) is 11.3 Å². The molecule has 5 aliphatic rings. The molecule has 0 aromatic heterocycles. The molecule has 2 amide bonds. The summed E-state index contributed by atoms with van der Waals surface area (Å²) in [5, 5.41) is 0. The Kier molecular flexibility index (Phi) is 6.36. The maximum Gasteiger partial charge on any atom is 0.257 e. The zero-order valence-corrected chi connectivity index (χ0v) is 20.9. The van der Waals surface area contributed by atoms with Crippen molar-refractivity contribution in [2.24, 2.45) is 23.2 Å². The topological polar surface area (TPSA) is 59.1 Å². The predicted octanol–water partition coefficient (Wildman–Crippen LogP) is 4.65. The average Bonchev–Trinajstić information content (AvgIpc) is 2.90. The van der Waals surface area contributed by atoms with Gasteiger partial charge in [0, 0.05) is 26.2 Å². The van der Waals surface area contributed by atoms with Gasteiger partial charge in [0.05, 0.1) is 11.0 Å². The van der Waals surface area contributed by atoms with Gasteiger partial charge in [0.25, 0.3) is 5.91 Å². The molecule has 0 spiro atoms. The lowest BCUT2D eigenvalue weighted by molar-refractivity contribution is -0.159. The van der Waals surface area contributed by atoms with Gasteiger partial charge in [0.2, 0.25) is 5.91 Å². The fourth-order valence-electron chi connectivity index (χ4n) is 7.59. The summed E-state index contributed by atoms with van der Waals surface area (Å²) >= 11 is 0. The molecule has 190 valence electrons. The van der Waals surface area contributed by atoms with Gasteiger partial charge in [-0.3, -0.25) is 9.59 Å². The minimum absolute atomic E-state index is 0.0310. The van der Waals surface area contributed by atoms with Crippen LogP contribution in [-0.4, -0.2) is 61.0 Å². The van der Waals surface area contributed by atoms with E-state index in [1.54, 1.807) is 0 Å². The first-order valence-corrected chi connectivity index (χ1v) is 13.6. The molecule has 6 nitrogen and oxygen atoms in total. The molecule has 4 saturated carbocycles. The zero-order chi connectivity index (χ0) is 24.5. The predicted molar refractivity (Wildman–Crippen MR) is 137 cm³/mol. The first kappa shape index (κ1) is 23.4. The summed E-state index contributed by atoms with van der Waals surface area (Å²) in [5.74, 6) is 4.00. The lowest BCUT2D eigenvalue weighted by Crippen LogP contribution is -2.58. The van der Waals surface area contributed by atoms with Gasteiger partial charge in [-0.05, 0) is 80.5 Å². The van der Waals surface area contributed by atoms with Crippen molar-refractivity contribution in [1.29, 1.82) is 0 Å². The summed E-state index contributed by atoms with van der Waals surface area (Å²) in [6.07, 6.45) is 7.30. The number of piperazine rings is 1. The van der Waals surface area contributed by atoms with Crippen LogP contribution in [0.2, 0.25) is 0 Å². The van der Waals surface area contributed by atoms with E-state index < -0.39 is 0 Å². The van der Waals surface area contributed by atoms with E-state index in [1.165, 1.54) is 19.3 Å². The summed E-state index contributed by atoms with van der Waals surface area (Å²) < 4.78 is 11.6. The fraction of sp³-hybridized carbons (Fsp3) is 0.533. The second-order valence-corrected chi connectivity index (χ2v) is 11.3. The van der Waals surface area contributed by atoms with Crippen LogP contribution in [-0.2, 0) is 4.79 Å². The molecule has 36 heavy (non-hydrogen) atoms. The molecule has 6 heteroatoms. The summed E-state index contributed by atoms with van der Waals surface area (Å²) in [5.41, 5.74) is 0.460. The summed E-state index contributed by atoms with van der Waals surface area (Å²) in [6, 6.07) is 17.0. The van der Waals surface area contributed by atoms with Crippen LogP contribution in [0.3, 0.4) is 0 Å². The van der Waals surface area contributed by atoms with Crippen molar-refractivity contribution >= 4 is 11.8 Å². The number of rotatable bonds is 7. The maximum absolute atomic E-state index is 13.7. The van der Waals surface area contributed by atoms with Crippen molar-refractivity contribution in [3.05, 3.63) is 60.2 Å². The van der Waals surface area contributed by atoms with Crippen molar-refractivity contribution in [3.8, 4) is 11.5 Å². The Bertz CT molecular complexity index is 1060. The van der Waals surface area contributed by atoms with Gasteiger partial charge in [0.1, 0.15) is 24.7 Å². The number of hydrogen-bond acceptors (Lipinski definition) is 4. The molecule has 2 aromatic carbocycles. The number of carbonyl (C=O) groups is 2. The van der Waals surface area contributed by atoms with E-state index in [2.05, 4.69) is 4.90 Å². The highest BCUT2D eigenvalue weighted by Gasteiger charge is 2.55. The summed E-state index contributed by atoms with van der Waals surface area (Å²) in [7, 11) is 0. The lowest BCUT2D eigenvalue weighted by atomic mass is 9.49. The average molecular weight is 489 g/mol. The minimum atomic E-state index is -0.108. The molecule has 4 aliphatic carbocycles. The molecule has 0 unspecified atom stereocenters. The van der Waals surface area contributed by atoms with Gasteiger partial charge in [0.15, 0.2) is 0 Å². The van der Waals surface area contributed by atoms with Gasteiger partial charge >= 0.3 is 0 Å². The number of ether oxygens (including phenoxy) is 2. The summed E-state index contributed by atoms with van der Waals surface area (Å²) in [4.78, 5) is 31.0. The molecular formula is C30H36N2O4. The van der Waals surface area contributed by atoms with Crippen molar-refractivity contribution < 1.29 is 19.1 Å².